The minimum Gasteiger partial charge on any atom is -0.490 e. The summed E-state index contributed by atoms with van der Waals surface area (Å²) in [5, 5.41) is 1.75. The van der Waals surface area contributed by atoms with Gasteiger partial charge in [-0.05, 0) is 52.7 Å². The van der Waals surface area contributed by atoms with E-state index in [1.807, 2.05) is 43.3 Å². The molecule has 0 unspecified atom stereocenters. The Kier molecular flexibility index (Phi) is 6.09. The number of thioether (sulfide) groups is 1. The Balaban J connectivity index is 1.85. The molecule has 1 aliphatic rings. The highest BCUT2D eigenvalue weighted by Crippen LogP contribution is 2.39. The third-order valence-corrected chi connectivity index (χ3v) is 5.26. The molecule has 3 nitrogen and oxygen atoms in total. The average Bonchev–Trinajstić information content (AvgIpc) is 3.09. The molecule has 0 bridgehead atoms. The van der Waals surface area contributed by atoms with Crippen LogP contribution in [0.3, 0.4) is 0 Å². The highest BCUT2D eigenvalue weighted by atomic mass is 79.9. The number of rotatable bonds is 6. The standard InChI is InChI=1S/C18H17BrClNO2S/c1-2-22-16-10-13(18-21-6-7-24-18)9-15(19)17(16)23-11-12-4-3-5-14(20)8-12/h3-5,8-10H,2,6-7,11H2,1H3. The van der Waals surface area contributed by atoms with Gasteiger partial charge in [0.1, 0.15) is 6.61 Å². The van der Waals surface area contributed by atoms with E-state index in [1.54, 1.807) is 11.8 Å². The molecule has 0 fully saturated rings. The van der Waals surface area contributed by atoms with Crippen LogP contribution in [0.1, 0.15) is 18.1 Å². The van der Waals surface area contributed by atoms with Crippen LogP contribution < -0.4 is 9.47 Å². The van der Waals surface area contributed by atoms with Crippen LogP contribution >= 0.6 is 39.3 Å². The zero-order chi connectivity index (χ0) is 16.9. The lowest BCUT2D eigenvalue weighted by molar-refractivity contribution is 0.267. The van der Waals surface area contributed by atoms with Gasteiger partial charge in [0.05, 0.1) is 16.1 Å². The second-order valence-electron chi connectivity index (χ2n) is 5.17. The summed E-state index contributed by atoms with van der Waals surface area (Å²) in [5.41, 5.74) is 2.07. The van der Waals surface area contributed by atoms with Gasteiger partial charge in [-0.1, -0.05) is 23.7 Å². The van der Waals surface area contributed by atoms with Crippen molar-refractivity contribution in [1.29, 1.82) is 0 Å². The summed E-state index contributed by atoms with van der Waals surface area (Å²) in [6.45, 7) is 3.83. The van der Waals surface area contributed by atoms with Gasteiger partial charge in [-0.25, -0.2) is 0 Å². The Hall–Kier alpha value is -1.17. The van der Waals surface area contributed by atoms with Crippen molar-refractivity contribution in [2.24, 2.45) is 4.99 Å². The summed E-state index contributed by atoms with van der Waals surface area (Å²) < 4.78 is 12.6. The molecular formula is C18H17BrClNO2S. The minimum atomic E-state index is 0.425. The highest BCUT2D eigenvalue weighted by molar-refractivity contribution is 9.10. The number of halogens is 2. The number of benzene rings is 2. The van der Waals surface area contributed by atoms with Crippen molar-refractivity contribution >= 4 is 44.3 Å². The SMILES string of the molecule is CCOc1cc(C2=NCCS2)cc(Br)c1OCc1cccc(Cl)c1. The van der Waals surface area contributed by atoms with E-state index in [9.17, 15) is 0 Å². The maximum atomic E-state index is 6.03. The van der Waals surface area contributed by atoms with Crippen LogP contribution in [0.5, 0.6) is 11.5 Å². The van der Waals surface area contributed by atoms with Gasteiger partial charge in [0.25, 0.3) is 0 Å². The Labute approximate surface area is 159 Å². The lowest BCUT2D eigenvalue weighted by atomic mass is 10.2. The van der Waals surface area contributed by atoms with Crippen LogP contribution in [0.2, 0.25) is 5.02 Å². The molecule has 0 spiro atoms. The van der Waals surface area contributed by atoms with Crippen LogP contribution in [-0.2, 0) is 6.61 Å². The van der Waals surface area contributed by atoms with Gasteiger partial charge in [0.2, 0.25) is 0 Å². The third-order valence-electron chi connectivity index (χ3n) is 3.41. The molecule has 2 aromatic carbocycles. The Morgan fingerprint density at radius 3 is 2.83 bits per heavy atom. The minimum absolute atomic E-state index is 0.425. The van der Waals surface area contributed by atoms with E-state index >= 15 is 0 Å². The zero-order valence-electron chi connectivity index (χ0n) is 13.2. The normalized spacial score (nSPS) is 13.7. The molecule has 0 aromatic heterocycles. The summed E-state index contributed by atoms with van der Waals surface area (Å²) >= 11 is 11.4. The first-order valence-electron chi connectivity index (χ1n) is 7.68. The van der Waals surface area contributed by atoms with E-state index in [4.69, 9.17) is 21.1 Å². The van der Waals surface area contributed by atoms with Gasteiger partial charge in [-0.3, -0.25) is 4.99 Å². The van der Waals surface area contributed by atoms with E-state index in [1.165, 1.54) is 0 Å². The maximum Gasteiger partial charge on any atom is 0.175 e. The number of hydrogen-bond acceptors (Lipinski definition) is 4. The number of aliphatic imine (C=N–C) groups is 1. The summed E-state index contributed by atoms with van der Waals surface area (Å²) in [6, 6.07) is 11.7. The van der Waals surface area contributed by atoms with Crippen LogP contribution in [0.15, 0.2) is 45.9 Å². The molecule has 6 heteroatoms. The molecule has 126 valence electrons. The average molecular weight is 427 g/mol. The molecule has 3 rings (SSSR count). The number of hydrogen-bond donors (Lipinski definition) is 0. The lowest BCUT2D eigenvalue weighted by Gasteiger charge is -2.15. The lowest BCUT2D eigenvalue weighted by Crippen LogP contribution is -2.03. The Bertz CT molecular complexity index is 767. The van der Waals surface area contributed by atoms with E-state index in [-0.39, 0.29) is 0 Å². The van der Waals surface area contributed by atoms with Gasteiger partial charge in [0, 0.05) is 22.9 Å². The Morgan fingerprint density at radius 1 is 1.25 bits per heavy atom. The number of nitrogens with zero attached hydrogens (tertiary/aromatic N) is 1. The topological polar surface area (TPSA) is 30.8 Å². The smallest absolute Gasteiger partial charge is 0.175 e. The van der Waals surface area contributed by atoms with Gasteiger partial charge in [-0.2, -0.15) is 0 Å². The van der Waals surface area contributed by atoms with E-state index in [0.29, 0.717) is 24.0 Å². The van der Waals surface area contributed by atoms with Crippen LogP contribution in [0.4, 0.5) is 0 Å². The van der Waals surface area contributed by atoms with Crippen molar-refractivity contribution in [2.45, 2.75) is 13.5 Å². The monoisotopic (exact) mass is 425 g/mol. The summed E-state index contributed by atoms with van der Waals surface area (Å²) in [4.78, 5) is 4.53. The van der Waals surface area contributed by atoms with Gasteiger partial charge in [-0.15, -0.1) is 11.8 Å². The molecule has 0 radical (unpaired) electrons. The molecule has 0 atom stereocenters. The molecule has 2 aromatic rings. The zero-order valence-corrected chi connectivity index (χ0v) is 16.4. The first-order chi connectivity index (χ1) is 11.7. The van der Waals surface area contributed by atoms with Crippen LogP contribution in [-0.4, -0.2) is 23.9 Å². The van der Waals surface area contributed by atoms with Crippen molar-refractivity contribution in [1.82, 2.24) is 0 Å². The molecular weight excluding hydrogens is 410 g/mol. The largest absolute Gasteiger partial charge is 0.490 e. The molecule has 0 N–H and O–H groups in total. The predicted molar refractivity (Wildman–Crippen MR) is 105 cm³/mol. The van der Waals surface area contributed by atoms with E-state index in [2.05, 4.69) is 20.9 Å². The van der Waals surface area contributed by atoms with E-state index in [0.717, 1.165) is 38.7 Å². The molecule has 0 saturated heterocycles. The van der Waals surface area contributed by atoms with Gasteiger partial charge < -0.3 is 9.47 Å². The quantitative estimate of drug-likeness (QED) is 0.604. The second-order valence-corrected chi connectivity index (χ2v) is 7.55. The van der Waals surface area contributed by atoms with Crippen molar-refractivity contribution in [3.63, 3.8) is 0 Å². The van der Waals surface area contributed by atoms with Gasteiger partial charge in [0.15, 0.2) is 11.5 Å². The highest BCUT2D eigenvalue weighted by Gasteiger charge is 2.17. The van der Waals surface area contributed by atoms with Gasteiger partial charge >= 0.3 is 0 Å². The van der Waals surface area contributed by atoms with Crippen molar-refractivity contribution in [3.05, 3.63) is 57.0 Å². The van der Waals surface area contributed by atoms with Crippen LogP contribution in [0.25, 0.3) is 0 Å². The van der Waals surface area contributed by atoms with Crippen molar-refractivity contribution < 1.29 is 9.47 Å². The number of ether oxygens (including phenoxy) is 2. The molecule has 0 aliphatic carbocycles. The predicted octanol–water partition coefficient (Wildman–Crippen LogP) is 5.57. The molecule has 1 aliphatic heterocycles. The fourth-order valence-electron chi connectivity index (χ4n) is 2.39. The van der Waals surface area contributed by atoms with E-state index < -0.39 is 0 Å². The molecule has 1 heterocycles. The fourth-order valence-corrected chi connectivity index (χ4v) is 4.00. The first-order valence-corrected chi connectivity index (χ1v) is 9.84. The van der Waals surface area contributed by atoms with Crippen molar-refractivity contribution in [3.8, 4) is 11.5 Å². The Morgan fingerprint density at radius 2 is 2.12 bits per heavy atom. The summed E-state index contributed by atoms with van der Waals surface area (Å²) in [5.74, 6) is 2.45. The van der Waals surface area contributed by atoms with Crippen LogP contribution in [0, 0.1) is 0 Å². The molecule has 24 heavy (non-hydrogen) atoms. The molecule has 0 saturated carbocycles. The summed E-state index contributed by atoms with van der Waals surface area (Å²) in [6.07, 6.45) is 0. The first kappa shape index (κ1) is 17.6. The molecule has 0 amide bonds. The fraction of sp³-hybridized carbons (Fsp3) is 0.278. The van der Waals surface area contributed by atoms with Crippen molar-refractivity contribution in [2.75, 3.05) is 18.9 Å². The second kappa shape index (κ2) is 8.28. The third kappa shape index (κ3) is 4.26. The maximum absolute atomic E-state index is 6.03. The summed E-state index contributed by atoms with van der Waals surface area (Å²) in [7, 11) is 0.